The second-order valence-corrected chi connectivity index (χ2v) is 3.97. The SMILES string of the molecule is COc1cc(-c2cnn(CCN)c2)ccc1C.Cl. The molecular formula is C13H18ClN3O. The Morgan fingerprint density at radius 2 is 2.11 bits per heavy atom. The van der Waals surface area contributed by atoms with Gasteiger partial charge >= 0.3 is 0 Å². The number of rotatable bonds is 4. The second kappa shape index (κ2) is 6.42. The van der Waals surface area contributed by atoms with Gasteiger partial charge < -0.3 is 10.5 Å². The molecule has 1 aromatic carbocycles. The first-order chi connectivity index (χ1) is 8.24. The van der Waals surface area contributed by atoms with E-state index in [1.54, 1.807) is 7.11 Å². The van der Waals surface area contributed by atoms with Gasteiger partial charge in [0.25, 0.3) is 0 Å². The first-order valence-electron chi connectivity index (χ1n) is 5.62. The van der Waals surface area contributed by atoms with Crippen LogP contribution in [0, 0.1) is 6.92 Å². The second-order valence-electron chi connectivity index (χ2n) is 3.97. The van der Waals surface area contributed by atoms with Crippen molar-refractivity contribution in [1.82, 2.24) is 9.78 Å². The zero-order chi connectivity index (χ0) is 12.3. The number of nitrogens with zero attached hydrogens (tertiary/aromatic N) is 2. The Morgan fingerprint density at radius 1 is 1.33 bits per heavy atom. The van der Waals surface area contributed by atoms with Crippen LogP contribution in [0.2, 0.25) is 0 Å². The number of hydrogen-bond acceptors (Lipinski definition) is 3. The van der Waals surface area contributed by atoms with Crippen LogP contribution >= 0.6 is 12.4 Å². The Hall–Kier alpha value is -1.52. The summed E-state index contributed by atoms with van der Waals surface area (Å²) in [6.45, 7) is 3.36. The lowest BCUT2D eigenvalue weighted by Gasteiger charge is -2.06. The van der Waals surface area contributed by atoms with Crippen molar-refractivity contribution in [3.8, 4) is 16.9 Å². The quantitative estimate of drug-likeness (QED) is 0.924. The van der Waals surface area contributed by atoms with Gasteiger partial charge in [-0.3, -0.25) is 4.68 Å². The van der Waals surface area contributed by atoms with E-state index < -0.39 is 0 Å². The lowest BCUT2D eigenvalue weighted by molar-refractivity contribution is 0.412. The number of benzene rings is 1. The van der Waals surface area contributed by atoms with Crippen LogP contribution in [0.5, 0.6) is 5.75 Å². The third-order valence-corrected chi connectivity index (χ3v) is 2.73. The van der Waals surface area contributed by atoms with Gasteiger partial charge in [-0.1, -0.05) is 12.1 Å². The van der Waals surface area contributed by atoms with Crippen LogP contribution in [0.3, 0.4) is 0 Å². The molecule has 4 nitrogen and oxygen atoms in total. The van der Waals surface area contributed by atoms with E-state index in [1.807, 2.05) is 30.1 Å². The Labute approximate surface area is 113 Å². The van der Waals surface area contributed by atoms with E-state index in [1.165, 1.54) is 0 Å². The van der Waals surface area contributed by atoms with E-state index in [-0.39, 0.29) is 12.4 Å². The fourth-order valence-corrected chi connectivity index (χ4v) is 1.77. The van der Waals surface area contributed by atoms with Gasteiger partial charge in [0.2, 0.25) is 0 Å². The maximum Gasteiger partial charge on any atom is 0.122 e. The Bertz CT molecular complexity index is 511. The van der Waals surface area contributed by atoms with Crippen LogP contribution in [0.15, 0.2) is 30.6 Å². The maximum atomic E-state index is 5.49. The van der Waals surface area contributed by atoms with Gasteiger partial charge in [-0.15, -0.1) is 12.4 Å². The standard InChI is InChI=1S/C13H17N3O.ClH/c1-10-3-4-11(7-13(10)17-2)12-8-15-16(9-12)6-5-14;/h3-4,7-9H,5-6,14H2,1-2H3;1H. The zero-order valence-corrected chi connectivity index (χ0v) is 11.4. The first-order valence-corrected chi connectivity index (χ1v) is 5.62. The fraction of sp³-hybridized carbons (Fsp3) is 0.308. The molecule has 0 spiro atoms. The molecule has 0 aliphatic carbocycles. The zero-order valence-electron chi connectivity index (χ0n) is 10.6. The monoisotopic (exact) mass is 267 g/mol. The molecule has 1 heterocycles. The first kappa shape index (κ1) is 14.5. The predicted octanol–water partition coefficient (Wildman–Crippen LogP) is 2.25. The third kappa shape index (κ3) is 3.03. The smallest absolute Gasteiger partial charge is 0.122 e. The van der Waals surface area contributed by atoms with Crippen molar-refractivity contribution in [3.63, 3.8) is 0 Å². The third-order valence-electron chi connectivity index (χ3n) is 2.73. The maximum absolute atomic E-state index is 5.49. The highest BCUT2D eigenvalue weighted by Gasteiger charge is 2.04. The van der Waals surface area contributed by atoms with Crippen molar-refractivity contribution < 1.29 is 4.74 Å². The van der Waals surface area contributed by atoms with Gasteiger partial charge in [-0.2, -0.15) is 5.10 Å². The summed E-state index contributed by atoms with van der Waals surface area (Å²) in [6.07, 6.45) is 3.84. The van der Waals surface area contributed by atoms with E-state index in [0.717, 1.165) is 29.0 Å². The molecule has 1 aromatic heterocycles. The summed E-state index contributed by atoms with van der Waals surface area (Å²) in [7, 11) is 1.68. The number of aromatic nitrogens is 2. The highest BCUT2D eigenvalue weighted by Crippen LogP contribution is 2.26. The summed E-state index contributed by atoms with van der Waals surface area (Å²) in [5.41, 5.74) is 8.81. The molecule has 2 aromatic rings. The van der Waals surface area contributed by atoms with Crippen LogP contribution in [0.25, 0.3) is 11.1 Å². The van der Waals surface area contributed by atoms with Crippen molar-refractivity contribution in [1.29, 1.82) is 0 Å². The molecule has 0 amide bonds. The Balaban J connectivity index is 0.00000162. The van der Waals surface area contributed by atoms with Crippen LogP contribution in [-0.2, 0) is 6.54 Å². The number of nitrogens with two attached hydrogens (primary N) is 1. The lowest BCUT2D eigenvalue weighted by atomic mass is 10.1. The highest BCUT2D eigenvalue weighted by molar-refractivity contribution is 5.85. The fourth-order valence-electron chi connectivity index (χ4n) is 1.77. The summed E-state index contributed by atoms with van der Waals surface area (Å²) in [5.74, 6) is 0.897. The van der Waals surface area contributed by atoms with E-state index >= 15 is 0 Å². The van der Waals surface area contributed by atoms with Gasteiger partial charge in [-0.25, -0.2) is 0 Å². The summed E-state index contributed by atoms with van der Waals surface area (Å²) in [6, 6.07) is 6.15. The molecule has 98 valence electrons. The van der Waals surface area contributed by atoms with Crippen LogP contribution in [-0.4, -0.2) is 23.4 Å². The average molecular weight is 268 g/mol. The summed E-state index contributed by atoms with van der Waals surface area (Å²) >= 11 is 0. The average Bonchev–Trinajstić information content (AvgIpc) is 2.79. The highest BCUT2D eigenvalue weighted by atomic mass is 35.5. The largest absolute Gasteiger partial charge is 0.496 e. The molecule has 0 fully saturated rings. The van der Waals surface area contributed by atoms with Gasteiger partial charge in [0, 0.05) is 18.3 Å². The van der Waals surface area contributed by atoms with Gasteiger partial charge in [0.15, 0.2) is 0 Å². The molecule has 0 bridgehead atoms. The van der Waals surface area contributed by atoms with E-state index in [0.29, 0.717) is 6.54 Å². The van der Waals surface area contributed by atoms with Crippen LogP contribution < -0.4 is 10.5 Å². The van der Waals surface area contributed by atoms with E-state index in [2.05, 4.69) is 17.2 Å². The summed E-state index contributed by atoms with van der Waals surface area (Å²) < 4.78 is 7.16. The van der Waals surface area contributed by atoms with E-state index in [4.69, 9.17) is 10.5 Å². The van der Waals surface area contributed by atoms with Gasteiger partial charge in [0.1, 0.15) is 5.75 Å². The minimum absolute atomic E-state index is 0. The van der Waals surface area contributed by atoms with Gasteiger partial charge in [0.05, 0.1) is 19.9 Å². The van der Waals surface area contributed by atoms with Gasteiger partial charge in [-0.05, 0) is 24.1 Å². The molecule has 18 heavy (non-hydrogen) atoms. The topological polar surface area (TPSA) is 53.1 Å². The summed E-state index contributed by atoms with van der Waals surface area (Å²) in [5, 5.41) is 4.26. The van der Waals surface area contributed by atoms with Crippen LogP contribution in [0.1, 0.15) is 5.56 Å². The number of methoxy groups -OCH3 is 1. The van der Waals surface area contributed by atoms with Crippen molar-refractivity contribution in [2.75, 3.05) is 13.7 Å². The molecule has 2 N–H and O–H groups in total. The molecule has 0 radical (unpaired) electrons. The van der Waals surface area contributed by atoms with Crippen molar-refractivity contribution in [2.24, 2.45) is 5.73 Å². The molecule has 0 saturated heterocycles. The molecule has 0 aliphatic heterocycles. The molecule has 5 heteroatoms. The molecule has 0 aliphatic rings. The molecule has 2 rings (SSSR count). The van der Waals surface area contributed by atoms with Crippen molar-refractivity contribution >= 4 is 12.4 Å². The minimum atomic E-state index is 0. The molecule has 0 atom stereocenters. The molecule has 0 unspecified atom stereocenters. The Kier molecular flexibility index (Phi) is 5.19. The number of hydrogen-bond donors (Lipinski definition) is 1. The number of aryl methyl sites for hydroxylation is 1. The normalized spacial score (nSPS) is 9.94. The predicted molar refractivity (Wildman–Crippen MR) is 75.3 cm³/mol. The Morgan fingerprint density at radius 3 is 2.78 bits per heavy atom. The van der Waals surface area contributed by atoms with Crippen molar-refractivity contribution in [3.05, 3.63) is 36.2 Å². The lowest BCUT2D eigenvalue weighted by Crippen LogP contribution is -2.09. The van der Waals surface area contributed by atoms with E-state index in [9.17, 15) is 0 Å². The number of ether oxygens (including phenoxy) is 1. The summed E-state index contributed by atoms with van der Waals surface area (Å²) in [4.78, 5) is 0. The van der Waals surface area contributed by atoms with Crippen molar-refractivity contribution in [2.45, 2.75) is 13.5 Å². The number of halogens is 1. The van der Waals surface area contributed by atoms with Crippen LogP contribution in [0.4, 0.5) is 0 Å². The molecular weight excluding hydrogens is 250 g/mol. The molecule has 0 saturated carbocycles. The minimum Gasteiger partial charge on any atom is -0.496 e.